The normalized spacial score (nSPS) is 7.35. The molecule has 2 radical (unpaired) electrons. The maximum Gasteiger partial charge on any atom is 2.00 e. The average molecular weight is 316 g/mol. The molecule has 0 atom stereocenters. The summed E-state index contributed by atoms with van der Waals surface area (Å²) in [6.07, 6.45) is 5.58. The predicted octanol–water partition coefficient (Wildman–Crippen LogP) is 4.55. The van der Waals surface area contributed by atoms with E-state index >= 15 is 0 Å². The van der Waals surface area contributed by atoms with Crippen LogP contribution in [0.3, 0.4) is 0 Å². The van der Waals surface area contributed by atoms with E-state index in [1.165, 1.54) is 0 Å². The second kappa shape index (κ2) is 20.6. The van der Waals surface area contributed by atoms with Gasteiger partial charge in [-0.2, -0.15) is 36.4 Å². The Hall–Kier alpha value is -0.807. The van der Waals surface area contributed by atoms with Gasteiger partial charge < -0.3 is 0 Å². The Kier molecular flexibility index (Phi) is 26.0. The molecule has 0 aliphatic heterocycles. The van der Waals surface area contributed by atoms with Crippen LogP contribution in [-0.2, 0) is 33.6 Å². The molecule has 0 aliphatic carbocycles. The van der Waals surface area contributed by atoms with E-state index in [1.807, 2.05) is 79.7 Å². The second-order valence-corrected chi connectivity index (χ2v) is 2.69. The Morgan fingerprint density at radius 3 is 1.29 bits per heavy atom. The van der Waals surface area contributed by atoms with E-state index in [9.17, 15) is 0 Å². The first-order valence-corrected chi connectivity index (χ1v) is 4.99. The quantitative estimate of drug-likeness (QED) is 0.535. The third-order valence-electron chi connectivity index (χ3n) is 1.44. The molecule has 0 aliphatic rings. The van der Waals surface area contributed by atoms with Crippen molar-refractivity contribution >= 4 is 0 Å². The van der Waals surface area contributed by atoms with Gasteiger partial charge in [-0.25, -0.2) is 24.3 Å². The molecule has 0 heterocycles. The summed E-state index contributed by atoms with van der Waals surface area (Å²) < 4.78 is 0. The number of allylic oxidation sites excluding steroid dienone is 3. The molecule has 0 N–H and O–H groups in total. The van der Waals surface area contributed by atoms with Crippen LogP contribution in [0.15, 0.2) is 85.5 Å². The summed E-state index contributed by atoms with van der Waals surface area (Å²) in [4.78, 5) is 0. The molecule has 2 aromatic carbocycles. The molecule has 0 aromatic heterocycles. The Morgan fingerprint density at radius 2 is 1.24 bits per heavy atom. The van der Waals surface area contributed by atoms with Gasteiger partial charge in [-0.1, -0.05) is 24.8 Å². The summed E-state index contributed by atoms with van der Waals surface area (Å²) in [5, 5.41) is 0. The fraction of sp³-hybridized carbons (Fsp3) is 0.0667. The summed E-state index contributed by atoms with van der Waals surface area (Å²) in [5.41, 5.74) is 0. The van der Waals surface area contributed by atoms with Gasteiger partial charge in [0.05, 0.1) is 0 Å². The molecular weight excluding hydrogens is 298 g/mol. The largest absolute Gasteiger partial charge is 2.00 e. The van der Waals surface area contributed by atoms with Crippen LogP contribution < -0.4 is 0 Å². The van der Waals surface area contributed by atoms with Gasteiger partial charge in [-0.3, -0.25) is 0 Å². The van der Waals surface area contributed by atoms with E-state index in [4.69, 9.17) is 0 Å². The second-order valence-electron chi connectivity index (χ2n) is 2.69. The first-order chi connectivity index (χ1) is 7.41. The molecule has 0 saturated heterocycles. The fourth-order valence-corrected chi connectivity index (χ4v) is 0.778. The molecule has 0 bridgehead atoms. The Balaban J connectivity index is -0.000000163. The van der Waals surface area contributed by atoms with Crippen LogP contribution >= 0.6 is 0 Å². The first-order valence-electron chi connectivity index (χ1n) is 4.99. The zero-order valence-electron chi connectivity index (χ0n) is 9.88. The average Bonchev–Trinajstić information content (AvgIpc) is 2.99. The van der Waals surface area contributed by atoms with Crippen LogP contribution in [0, 0.1) is 0 Å². The SMILES string of the molecule is C=CC=CC.[Co+2].[Co].c1cc[cH-]c1.c1cc[cH-]c1. The summed E-state index contributed by atoms with van der Waals surface area (Å²) in [5.74, 6) is 0. The summed E-state index contributed by atoms with van der Waals surface area (Å²) in [7, 11) is 0. The van der Waals surface area contributed by atoms with Crippen LogP contribution in [0.2, 0.25) is 0 Å². The van der Waals surface area contributed by atoms with Crippen LogP contribution in [0.1, 0.15) is 6.92 Å². The summed E-state index contributed by atoms with van der Waals surface area (Å²) in [6.45, 7) is 5.42. The Bertz CT molecular complexity index is 244. The fourth-order valence-electron chi connectivity index (χ4n) is 0.778. The van der Waals surface area contributed by atoms with Crippen molar-refractivity contribution in [1.82, 2.24) is 0 Å². The van der Waals surface area contributed by atoms with Gasteiger partial charge in [0.15, 0.2) is 0 Å². The topological polar surface area (TPSA) is 0 Å². The number of rotatable bonds is 1. The van der Waals surface area contributed by atoms with Crippen LogP contribution in [0.5, 0.6) is 0 Å². The van der Waals surface area contributed by atoms with Crippen LogP contribution in [0.25, 0.3) is 0 Å². The maximum atomic E-state index is 3.46. The van der Waals surface area contributed by atoms with Gasteiger partial charge in [0.2, 0.25) is 0 Å². The van der Waals surface area contributed by atoms with Crippen molar-refractivity contribution in [3.8, 4) is 0 Å². The van der Waals surface area contributed by atoms with Crippen LogP contribution in [-0.4, -0.2) is 0 Å². The summed E-state index contributed by atoms with van der Waals surface area (Å²) >= 11 is 0. The van der Waals surface area contributed by atoms with Crippen LogP contribution in [0.4, 0.5) is 0 Å². The standard InChI is InChI=1S/2C5H5.C5H8.2Co/c2*1-2-4-5-3-1;1-3-5-4-2;;/h2*1-5H;3-5H,1H2,2H3;;/q2*-1;;;+2. The zero-order chi connectivity index (χ0) is 11.2. The van der Waals surface area contributed by atoms with Gasteiger partial charge in [0.1, 0.15) is 0 Å². The number of hydrogen-bond acceptors (Lipinski definition) is 0. The minimum Gasteiger partial charge on any atom is -0.214 e. The molecular formula is C15H18Co2. The van der Waals surface area contributed by atoms with E-state index in [0.29, 0.717) is 0 Å². The van der Waals surface area contributed by atoms with E-state index in [2.05, 4.69) is 6.58 Å². The molecule has 96 valence electrons. The predicted molar refractivity (Wildman–Crippen MR) is 69.1 cm³/mol. The Labute approximate surface area is 126 Å². The van der Waals surface area contributed by atoms with Crippen molar-refractivity contribution in [2.45, 2.75) is 6.92 Å². The number of hydrogen-bond donors (Lipinski definition) is 0. The molecule has 0 unspecified atom stereocenters. The van der Waals surface area contributed by atoms with Crippen molar-refractivity contribution in [3.05, 3.63) is 85.5 Å². The zero-order valence-corrected chi connectivity index (χ0v) is 12.0. The van der Waals surface area contributed by atoms with E-state index in [1.54, 1.807) is 6.08 Å². The first kappa shape index (κ1) is 21.5. The minimum atomic E-state index is 0. The van der Waals surface area contributed by atoms with Gasteiger partial charge >= 0.3 is 16.8 Å². The third-order valence-corrected chi connectivity index (χ3v) is 1.44. The Morgan fingerprint density at radius 1 is 0.882 bits per heavy atom. The van der Waals surface area contributed by atoms with Crippen molar-refractivity contribution in [3.63, 3.8) is 0 Å². The molecule has 0 spiro atoms. The third kappa shape index (κ3) is 21.1. The van der Waals surface area contributed by atoms with Gasteiger partial charge in [0.25, 0.3) is 0 Å². The molecule has 0 fully saturated rings. The van der Waals surface area contributed by atoms with Gasteiger partial charge in [0, 0.05) is 16.8 Å². The molecule has 0 nitrogen and oxygen atoms in total. The molecule has 2 heteroatoms. The van der Waals surface area contributed by atoms with E-state index in [-0.39, 0.29) is 33.6 Å². The van der Waals surface area contributed by atoms with Gasteiger partial charge in [-0.15, -0.1) is 0 Å². The van der Waals surface area contributed by atoms with Crippen molar-refractivity contribution in [2.24, 2.45) is 0 Å². The molecule has 17 heavy (non-hydrogen) atoms. The monoisotopic (exact) mass is 316 g/mol. The summed E-state index contributed by atoms with van der Waals surface area (Å²) in [6, 6.07) is 20.0. The van der Waals surface area contributed by atoms with Crippen molar-refractivity contribution in [1.29, 1.82) is 0 Å². The molecule has 0 amide bonds. The molecule has 2 rings (SSSR count). The molecule has 0 saturated carbocycles. The smallest absolute Gasteiger partial charge is 0.214 e. The van der Waals surface area contributed by atoms with Crippen molar-refractivity contribution < 1.29 is 33.6 Å². The van der Waals surface area contributed by atoms with E-state index < -0.39 is 0 Å². The molecule has 2 aromatic rings. The van der Waals surface area contributed by atoms with Crippen molar-refractivity contribution in [2.75, 3.05) is 0 Å². The van der Waals surface area contributed by atoms with Gasteiger partial charge in [-0.05, 0) is 6.92 Å². The maximum absolute atomic E-state index is 3.46. The van der Waals surface area contributed by atoms with E-state index in [0.717, 1.165) is 0 Å². The minimum absolute atomic E-state index is 0.